The third kappa shape index (κ3) is 4.85. The lowest BCUT2D eigenvalue weighted by Crippen LogP contribution is -2.22. The van der Waals surface area contributed by atoms with Crippen LogP contribution in [0.25, 0.3) is 6.08 Å². The largest absolute Gasteiger partial charge is 0.457 e. The van der Waals surface area contributed by atoms with Crippen molar-refractivity contribution in [3.05, 3.63) is 35.7 Å². The molecule has 0 aromatic heterocycles. The quantitative estimate of drug-likeness (QED) is 0.439. The summed E-state index contributed by atoms with van der Waals surface area (Å²) in [6, 6.07) is 4.85. The molecule has 0 unspecified atom stereocenters. The highest BCUT2D eigenvalue weighted by molar-refractivity contribution is 6.32. The van der Waals surface area contributed by atoms with Gasteiger partial charge in [-0.3, -0.25) is 0 Å². The van der Waals surface area contributed by atoms with E-state index in [4.69, 9.17) is 4.74 Å². The smallest absolute Gasteiger partial charge is 0.331 e. The van der Waals surface area contributed by atoms with Crippen molar-refractivity contribution < 1.29 is 13.9 Å². The molecule has 90 valence electrons. The fraction of sp³-hybridized carbons (Fsp3) is 0.308. The first-order chi connectivity index (χ1) is 7.78. The van der Waals surface area contributed by atoms with Gasteiger partial charge < -0.3 is 4.74 Å². The lowest BCUT2D eigenvalue weighted by molar-refractivity contribution is -0.148. The van der Waals surface area contributed by atoms with E-state index < -0.39 is 11.6 Å². The summed E-state index contributed by atoms with van der Waals surface area (Å²) in [6.07, 6.45) is 2.65. The van der Waals surface area contributed by atoms with Gasteiger partial charge in [-0.25, -0.2) is 9.18 Å². The Hall–Kier alpha value is -1.58. The second-order valence-corrected chi connectivity index (χ2v) is 4.89. The van der Waals surface area contributed by atoms with Crippen LogP contribution in [-0.2, 0) is 9.53 Å². The van der Waals surface area contributed by atoms with Gasteiger partial charge in [0, 0.05) is 11.6 Å². The van der Waals surface area contributed by atoms with Crippen LogP contribution in [0.5, 0.6) is 0 Å². The highest BCUT2D eigenvalue weighted by Crippen LogP contribution is 2.10. The molecule has 0 atom stereocenters. The van der Waals surface area contributed by atoms with E-state index in [1.54, 1.807) is 32.9 Å². The Kier molecular flexibility index (Phi) is 4.10. The maximum atomic E-state index is 13.4. The van der Waals surface area contributed by atoms with E-state index in [0.717, 1.165) is 5.46 Å². The third-order valence-corrected chi connectivity index (χ3v) is 1.96. The lowest BCUT2D eigenvalue weighted by atomic mass is 9.95. The van der Waals surface area contributed by atoms with Crippen molar-refractivity contribution in [2.45, 2.75) is 26.4 Å². The topological polar surface area (TPSA) is 26.3 Å². The molecule has 1 rings (SSSR count). The van der Waals surface area contributed by atoms with E-state index in [2.05, 4.69) is 0 Å². The molecule has 0 spiro atoms. The molecule has 0 aliphatic rings. The van der Waals surface area contributed by atoms with Gasteiger partial charge in [0.1, 0.15) is 19.3 Å². The molecule has 1 aromatic rings. The van der Waals surface area contributed by atoms with Gasteiger partial charge in [0.2, 0.25) is 0 Å². The molecule has 0 aliphatic heterocycles. The predicted octanol–water partition coefficient (Wildman–Crippen LogP) is 1.44. The van der Waals surface area contributed by atoms with Gasteiger partial charge in [-0.1, -0.05) is 17.6 Å². The molecule has 0 bridgehead atoms. The number of rotatable bonds is 2. The van der Waals surface area contributed by atoms with E-state index in [-0.39, 0.29) is 5.82 Å². The summed E-state index contributed by atoms with van der Waals surface area (Å²) in [5.41, 5.74) is 0.686. The second kappa shape index (κ2) is 5.17. The van der Waals surface area contributed by atoms with Gasteiger partial charge in [-0.15, -0.1) is 0 Å². The Balaban J connectivity index is 2.74. The van der Waals surface area contributed by atoms with E-state index in [0.29, 0.717) is 5.56 Å². The standard InChI is InChI=1S/C13H16BFO2/c1-13(2,3)17-12(16)7-5-9-4-6-10(14)8-11(9)15/h4-8H,14H2,1-3H3/b7-5+. The maximum absolute atomic E-state index is 13.4. The number of halogens is 1. The molecule has 2 nitrogen and oxygen atoms in total. The van der Waals surface area contributed by atoms with Crippen molar-refractivity contribution >= 4 is 25.4 Å². The van der Waals surface area contributed by atoms with Gasteiger partial charge in [-0.2, -0.15) is 0 Å². The van der Waals surface area contributed by atoms with Crippen molar-refractivity contribution in [3.63, 3.8) is 0 Å². The van der Waals surface area contributed by atoms with E-state index in [1.807, 2.05) is 7.85 Å². The molecule has 4 heteroatoms. The van der Waals surface area contributed by atoms with Gasteiger partial charge >= 0.3 is 5.97 Å². The van der Waals surface area contributed by atoms with Crippen LogP contribution < -0.4 is 5.46 Å². The van der Waals surface area contributed by atoms with Crippen LogP contribution in [0.15, 0.2) is 24.3 Å². The highest BCUT2D eigenvalue weighted by Gasteiger charge is 2.13. The zero-order chi connectivity index (χ0) is 13.1. The monoisotopic (exact) mass is 234 g/mol. The minimum Gasteiger partial charge on any atom is -0.457 e. The van der Waals surface area contributed by atoms with Crippen LogP contribution in [0.3, 0.4) is 0 Å². The third-order valence-electron chi connectivity index (χ3n) is 1.96. The first-order valence-electron chi connectivity index (χ1n) is 5.45. The normalized spacial score (nSPS) is 11.8. The molecule has 1 aromatic carbocycles. The molecule has 17 heavy (non-hydrogen) atoms. The van der Waals surface area contributed by atoms with Crippen molar-refractivity contribution in [1.29, 1.82) is 0 Å². The minimum atomic E-state index is -0.534. The molecule has 0 amide bonds. The molecule has 0 radical (unpaired) electrons. The van der Waals surface area contributed by atoms with Crippen molar-refractivity contribution in [2.75, 3.05) is 0 Å². The van der Waals surface area contributed by atoms with Gasteiger partial charge in [0.25, 0.3) is 0 Å². The number of carbonyl (C=O) groups excluding carboxylic acids is 1. The molecule has 0 N–H and O–H groups in total. The maximum Gasteiger partial charge on any atom is 0.331 e. The highest BCUT2D eigenvalue weighted by atomic mass is 19.1. The SMILES string of the molecule is Bc1ccc(/C=C/C(=O)OC(C)(C)C)c(F)c1. The van der Waals surface area contributed by atoms with Crippen LogP contribution in [0, 0.1) is 5.82 Å². The summed E-state index contributed by atoms with van der Waals surface area (Å²) in [5.74, 6) is -0.817. The zero-order valence-electron chi connectivity index (χ0n) is 10.6. The lowest BCUT2D eigenvalue weighted by Gasteiger charge is -2.17. The van der Waals surface area contributed by atoms with Crippen LogP contribution in [0.1, 0.15) is 26.3 Å². The first-order valence-corrected chi connectivity index (χ1v) is 5.45. The van der Waals surface area contributed by atoms with Gasteiger partial charge in [-0.05, 0) is 32.9 Å². The Morgan fingerprint density at radius 1 is 1.41 bits per heavy atom. The van der Waals surface area contributed by atoms with Crippen molar-refractivity contribution in [1.82, 2.24) is 0 Å². The average molecular weight is 234 g/mol. The Morgan fingerprint density at radius 3 is 2.59 bits per heavy atom. The van der Waals surface area contributed by atoms with Crippen LogP contribution >= 0.6 is 0 Å². The summed E-state index contributed by atoms with van der Waals surface area (Å²) < 4.78 is 18.5. The van der Waals surface area contributed by atoms with Gasteiger partial charge in [0.15, 0.2) is 0 Å². The molecule has 0 aliphatic carbocycles. The number of esters is 1. The Bertz CT molecular complexity index is 447. The van der Waals surface area contributed by atoms with Crippen molar-refractivity contribution in [2.24, 2.45) is 0 Å². The fourth-order valence-electron chi connectivity index (χ4n) is 1.26. The van der Waals surface area contributed by atoms with E-state index in [1.165, 1.54) is 18.2 Å². The summed E-state index contributed by atoms with van der Waals surface area (Å²) in [6.45, 7) is 5.35. The van der Waals surface area contributed by atoms with E-state index >= 15 is 0 Å². The van der Waals surface area contributed by atoms with Crippen molar-refractivity contribution in [3.8, 4) is 0 Å². The number of hydrogen-bond acceptors (Lipinski definition) is 2. The summed E-state index contributed by atoms with van der Waals surface area (Å²) in [4.78, 5) is 11.4. The summed E-state index contributed by atoms with van der Waals surface area (Å²) in [7, 11) is 1.81. The van der Waals surface area contributed by atoms with Crippen LogP contribution in [0.2, 0.25) is 0 Å². The fourth-order valence-corrected chi connectivity index (χ4v) is 1.26. The second-order valence-electron chi connectivity index (χ2n) is 4.89. The molecular weight excluding hydrogens is 218 g/mol. The minimum absolute atomic E-state index is 0.343. The molecule has 0 saturated carbocycles. The summed E-state index contributed by atoms with van der Waals surface area (Å²) in [5, 5.41) is 0. The molecule has 0 heterocycles. The molecule has 0 fully saturated rings. The average Bonchev–Trinajstić information content (AvgIpc) is 2.13. The van der Waals surface area contributed by atoms with Gasteiger partial charge in [0.05, 0.1) is 0 Å². The molecule has 0 saturated heterocycles. The zero-order valence-corrected chi connectivity index (χ0v) is 10.6. The van der Waals surface area contributed by atoms with Crippen LogP contribution in [0.4, 0.5) is 4.39 Å². The summed E-state index contributed by atoms with van der Waals surface area (Å²) >= 11 is 0. The van der Waals surface area contributed by atoms with Crippen LogP contribution in [-0.4, -0.2) is 19.4 Å². The number of hydrogen-bond donors (Lipinski definition) is 0. The Labute approximate surface area is 102 Å². The van der Waals surface area contributed by atoms with E-state index in [9.17, 15) is 9.18 Å². The number of carbonyl (C=O) groups is 1. The Morgan fingerprint density at radius 2 is 2.06 bits per heavy atom. The first kappa shape index (κ1) is 13.5. The molecular formula is C13H16BFO2. The predicted molar refractivity (Wildman–Crippen MR) is 69.5 cm³/mol. The number of ether oxygens (including phenoxy) is 1. The number of benzene rings is 1.